The van der Waals surface area contributed by atoms with Gasteiger partial charge in [0.1, 0.15) is 12.1 Å². The molecule has 102 valence electrons. The third kappa shape index (κ3) is 3.34. The standard InChI is InChI=1S/C14H17NO4/c1-4-10-19-13(18)15(14(2,3)12(16)17)11-8-6-5-7-9-11/h4-9H,1,10H2,2-3H3,(H,16,17). The summed E-state index contributed by atoms with van der Waals surface area (Å²) in [7, 11) is 0. The number of carbonyl (C=O) groups excluding carboxylic acids is 1. The second-order valence-corrected chi connectivity index (χ2v) is 4.40. The van der Waals surface area contributed by atoms with Gasteiger partial charge < -0.3 is 9.84 Å². The maximum atomic E-state index is 12.0. The lowest BCUT2D eigenvalue weighted by Crippen LogP contribution is -2.53. The van der Waals surface area contributed by atoms with Crippen LogP contribution in [0.25, 0.3) is 0 Å². The topological polar surface area (TPSA) is 66.8 Å². The first kappa shape index (κ1) is 14.8. The van der Waals surface area contributed by atoms with Crippen LogP contribution in [-0.2, 0) is 9.53 Å². The Hall–Kier alpha value is -2.30. The molecule has 0 saturated carbocycles. The zero-order valence-corrected chi connectivity index (χ0v) is 11.0. The molecular formula is C14H17NO4. The van der Waals surface area contributed by atoms with Crippen molar-refractivity contribution in [2.75, 3.05) is 11.5 Å². The molecule has 1 aromatic carbocycles. The molecule has 1 amide bonds. The van der Waals surface area contributed by atoms with Crippen molar-refractivity contribution < 1.29 is 19.4 Å². The minimum Gasteiger partial charge on any atom is -0.480 e. The van der Waals surface area contributed by atoms with Gasteiger partial charge in [0.15, 0.2) is 0 Å². The molecule has 1 rings (SSSR count). The monoisotopic (exact) mass is 263 g/mol. The van der Waals surface area contributed by atoms with Crippen molar-refractivity contribution in [1.29, 1.82) is 0 Å². The predicted octanol–water partition coefficient (Wildman–Crippen LogP) is 2.68. The van der Waals surface area contributed by atoms with E-state index in [1.807, 2.05) is 0 Å². The Morgan fingerprint density at radius 3 is 2.42 bits per heavy atom. The lowest BCUT2D eigenvalue weighted by molar-refractivity contribution is -0.142. The number of rotatable bonds is 5. The Bertz CT molecular complexity index is 468. The summed E-state index contributed by atoms with van der Waals surface area (Å²) in [4.78, 5) is 24.5. The van der Waals surface area contributed by atoms with Gasteiger partial charge in [-0.3, -0.25) is 4.90 Å². The first-order valence-corrected chi connectivity index (χ1v) is 5.77. The van der Waals surface area contributed by atoms with Crippen molar-refractivity contribution in [2.24, 2.45) is 0 Å². The fourth-order valence-corrected chi connectivity index (χ4v) is 1.52. The van der Waals surface area contributed by atoms with Crippen LogP contribution in [0.3, 0.4) is 0 Å². The van der Waals surface area contributed by atoms with Gasteiger partial charge in [-0.25, -0.2) is 9.59 Å². The number of carboxylic acids is 1. The second kappa shape index (κ2) is 6.04. The molecule has 5 heteroatoms. The number of anilines is 1. The van der Waals surface area contributed by atoms with Crippen molar-refractivity contribution in [3.05, 3.63) is 43.0 Å². The van der Waals surface area contributed by atoms with Crippen LogP contribution in [0, 0.1) is 0 Å². The van der Waals surface area contributed by atoms with Gasteiger partial charge in [0.25, 0.3) is 0 Å². The van der Waals surface area contributed by atoms with Gasteiger partial charge in [-0.05, 0) is 26.0 Å². The largest absolute Gasteiger partial charge is 0.480 e. The lowest BCUT2D eigenvalue weighted by atomic mass is 10.0. The van der Waals surface area contributed by atoms with Gasteiger partial charge in [0, 0.05) is 5.69 Å². The molecule has 1 N–H and O–H groups in total. The van der Waals surface area contributed by atoms with E-state index < -0.39 is 17.6 Å². The number of hydrogen-bond acceptors (Lipinski definition) is 3. The second-order valence-electron chi connectivity index (χ2n) is 4.40. The number of benzene rings is 1. The number of carboxylic acid groups (broad SMARTS) is 1. The van der Waals surface area contributed by atoms with Crippen LogP contribution in [-0.4, -0.2) is 29.3 Å². The zero-order valence-electron chi connectivity index (χ0n) is 11.0. The summed E-state index contributed by atoms with van der Waals surface area (Å²) < 4.78 is 4.95. The van der Waals surface area contributed by atoms with E-state index in [9.17, 15) is 14.7 Å². The minimum absolute atomic E-state index is 0.0257. The molecule has 5 nitrogen and oxygen atoms in total. The molecule has 0 fully saturated rings. The molecule has 0 bridgehead atoms. The zero-order chi connectivity index (χ0) is 14.5. The summed E-state index contributed by atoms with van der Waals surface area (Å²) in [6, 6.07) is 8.53. The van der Waals surface area contributed by atoms with Gasteiger partial charge in [0.2, 0.25) is 0 Å². The van der Waals surface area contributed by atoms with Crippen molar-refractivity contribution in [3.8, 4) is 0 Å². The van der Waals surface area contributed by atoms with Gasteiger partial charge >= 0.3 is 12.1 Å². The highest BCUT2D eigenvalue weighted by atomic mass is 16.6. The molecule has 0 aromatic heterocycles. The number of nitrogens with zero attached hydrogens (tertiary/aromatic N) is 1. The summed E-state index contributed by atoms with van der Waals surface area (Å²) in [6.45, 7) is 6.36. The first-order chi connectivity index (χ1) is 8.91. The molecule has 0 heterocycles. The quantitative estimate of drug-likeness (QED) is 0.829. The highest BCUT2D eigenvalue weighted by Crippen LogP contribution is 2.25. The third-order valence-corrected chi connectivity index (χ3v) is 2.60. The molecule has 0 atom stereocenters. The molecule has 0 radical (unpaired) electrons. The van der Waals surface area contributed by atoms with Crippen LogP contribution < -0.4 is 4.90 Å². The van der Waals surface area contributed by atoms with Crippen molar-refractivity contribution in [1.82, 2.24) is 0 Å². The summed E-state index contributed by atoms with van der Waals surface area (Å²) >= 11 is 0. The highest BCUT2D eigenvalue weighted by molar-refractivity contribution is 5.97. The maximum absolute atomic E-state index is 12.0. The van der Waals surface area contributed by atoms with E-state index in [2.05, 4.69) is 6.58 Å². The molecule has 0 saturated heterocycles. The molecular weight excluding hydrogens is 246 g/mol. The fraction of sp³-hybridized carbons (Fsp3) is 0.286. The van der Waals surface area contributed by atoms with E-state index in [0.29, 0.717) is 5.69 Å². The number of para-hydroxylation sites is 1. The number of ether oxygens (including phenoxy) is 1. The molecule has 19 heavy (non-hydrogen) atoms. The fourth-order valence-electron chi connectivity index (χ4n) is 1.52. The van der Waals surface area contributed by atoms with Crippen LogP contribution in [0.5, 0.6) is 0 Å². The van der Waals surface area contributed by atoms with E-state index in [0.717, 1.165) is 4.90 Å². The van der Waals surface area contributed by atoms with Crippen molar-refractivity contribution >= 4 is 17.7 Å². The number of amides is 1. The van der Waals surface area contributed by atoms with Crippen molar-refractivity contribution in [3.63, 3.8) is 0 Å². The van der Waals surface area contributed by atoms with Gasteiger partial charge in [0.05, 0.1) is 0 Å². The van der Waals surface area contributed by atoms with Gasteiger partial charge in [-0.15, -0.1) is 0 Å². The molecule has 0 aliphatic heterocycles. The van der Waals surface area contributed by atoms with Crippen LogP contribution >= 0.6 is 0 Å². The van der Waals surface area contributed by atoms with Crippen LogP contribution in [0.15, 0.2) is 43.0 Å². The smallest absolute Gasteiger partial charge is 0.415 e. The van der Waals surface area contributed by atoms with E-state index in [4.69, 9.17) is 4.74 Å². The number of aliphatic carboxylic acids is 1. The van der Waals surface area contributed by atoms with Crippen LogP contribution in [0.2, 0.25) is 0 Å². The third-order valence-electron chi connectivity index (χ3n) is 2.60. The molecule has 0 aliphatic carbocycles. The molecule has 0 spiro atoms. The summed E-state index contributed by atoms with van der Waals surface area (Å²) in [5, 5.41) is 9.28. The normalized spacial score (nSPS) is 10.6. The Labute approximate surface area is 112 Å². The Morgan fingerprint density at radius 1 is 1.37 bits per heavy atom. The van der Waals surface area contributed by atoms with E-state index >= 15 is 0 Å². The average molecular weight is 263 g/mol. The summed E-state index contributed by atoms with van der Waals surface area (Å²) in [6.07, 6.45) is 0.702. The van der Waals surface area contributed by atoms with Gasteiger partial charge in [-0.1, -0.05) is 30.9 Å². The number of carbonyl (C=O) groups is 2. The molecule has 0 unspecified atom stereocenters. The van der Waals surface area contributed by atoms with Crippen LogP contribution in [0.1, 0.15) is 13.8 Å². The Morgan fingerprint density at radius 2 is 1.95 bits per heavy atom. The predicted molar refractivity (Wildman–Crippen MR) is 72.2 cm³/mol. The van der Waals surface area contributed by atoms with Crippen LogP contribution in [0.4, 0.5) is 10.5 Å². The highest BCUT2D eigenvalue weighted by Gasteiger charge is 2.40. The minimum atomic E-state index is -1.42. The Kier molecular flexibility index (Phi) is 4.69. The van der Waals surface area contributed by atoms with Gasteiger partial charge in [-0.2, -0.15) is 0 Å². The average Bonchev–Trinajstić information content (AvgIpc) is 2.37. The van der Waals surface area contributed by atoms with Crippen molar-refractivity contribution in [2.45, 2.75) is 19.4 Å². The first-order valence-electron chi connectivity index (χ1n) is 5.77. The molecule has 1 aromatic rings. The van der Waals surface area contributed by atoms with E-state index in [-0.39, 0.29) is 6.61 Å². The maximum Gasteiger partial charge on any atom is 0.415 e. The summed E-state index contributed by atoms with van der Waals surface area (Å²) in [5.74, 6) is -1.12. The molecule has 0 aliphatic rings. The lowest BCUT2D eigenvalue weighted by Gasteiger charge is -2.34. The van der Waals surface area contributed by atoms with E-state index in [1.54, 1.807) is 30.3 Å². The van der Waals surface area contributed by atoms with E-state index in [1.165, 1.54) is 19.9 Å². The SMILES string of the molecule is C=CCOC(=O)N(c1ccccc1)C(C)(C)C(=O)O. The number of hydrogen-bond donors (Lipinski definition) is 1. The Balaban J connectivity index is 3.15. The summed E-state index contributed by atoms with van der Waals surface area (Å²) in [5.41, 5.74) is -0.955.